The van der Waals surface area contributed by atoms with Gasteiger partial charge in [-0.25, -0.2) is 0 Å². The molecule has 1 aliphatic rings. The molecule has 0 saturated carbocycles. The molecule has 0 radical (unpaired) electrons. The van der Waals surface area contributed by atoms with Crippen LogP contribution in [0.2, 0.25) is 0 Å². The molecular formula is C15H21Br2NO. The molecule has 0 bridgehead atoms. The van der Waals surface area contributed by atoms with Crippen LogP contribution in [-0.2, 0) is 4.74 Å². The van der Waals surface area contributed by atoms with Crippen molar-refractivity contribution in [1.82, 2.24) is 0 Å². The van der Waals surface area contributed by atoms with Gasteiger partial charge in [0, 0.05) is 8.95 Å². The van der Waals surface area contributed by atoms with E-state index in [0.717, 1.165) is 21.1 Å². The number of hydrogen-bond acceptors (Lipinski definition) is 2. The Morgan fingerprint density at radius 1 is 1.16 bits per heavy atom. The Balaban J connectivity index is 2.27. The summed E-state index contributed by atoms with van der Waals surface area (Å²) in [7, 11) is 0. The third kappa shape index (κ3) is 3.34. The number of nitrogens with one attached hydrogen (secondary N) is 1. The van der Waals surface area contributed by atoms with Gasteiger partial charge in [-0.1, -0.05) is 0 Å². The Hall–Kier alpha value is -0.0600. The summed E-state index contributed by atoms with van der Waals surface area (Å²) < 4.78 is 8.30. The van der Waals surface area contributed by atoms with Crippen LogP contribution in [0.25, 0.3) is 0 Å². The number of rotatable bonds is 2. The van der Waals surface area contributed by atoms with E-state index in [4.69, 9.17) is 4.74 Å². The Morgan fingerprint density at radius 2 is 1.68 bits per heavy atom. The first-order valence-corrected chi connectivity index (χ1v) is 8.12. The largest absolute Gasteiger partial charge is 0.377 e. The lowest BCUT2D eigenvalue weighted by Crippen LogP contribution is -2.38. The summed E-state index contributed by atoms with van der Waals surface area (Å²) in [4.78, 5) is 0. The van der Waals surface area contributed by atoms with Crippen molar-refractivity contribution in [1.29, 1.82) is 0 Å². The normalized spacial score (nSPS) is 24.5. The van der Waals surface area contributed by atoms with Gasteiger partial charge >= 0.3 is 0 Å². The SMILES string of the molecule is Cc1cc(Br)c(NC2CC(C)(C)OC2(C)C)c(Br)c1. The zero-order chi connectivity index (χ0) is 14.4. The molecule has 1 aromatic carbocycles. The Morgan fingerprint density at radius 3 is 2.11 bits per heavy atom. The van der Waals surface area contributed by atoms with Crippen LogP contribution in [0, 0.1) is 6.92 Å². The molecule has 0 aliphatic carbocycles. The van der Waals surface area contributed by atoms with E-state index in [1.165, 1.54) is 5.56 Å². The van der Waals surface area contributed by atoms with Gasteiger partial charge in [0.1, 0.15) is 0 Å². The molecule has 1 saturated heterocycles. The molecule has 2 nitrogen and oxygen atoms in total. The second-order valence-electron chi connectivity index (χ2n) is 6.47. The van der Waals surface area contributed by atoms with Crippen LogP contribution in [0.5, 0.6) is 0 Å². The Bertz CT molecular complexity index is 474. The summed E-state index contributed by atoms with van der Waals surface area (Å²) in [5, 5.41) is 3.63. The van der Waals surface area contributed by atoms with Crippen LogP contribution in [0.15, 0.2) is 21.1 Å². The number of aryl methyl sites for hydroxylation is 1. The minimum absolute atomic E-state index is 0.0786. The maximum absolute atomic E-state index is 6.13. The average molecular weight is 391 g/mol. The summed E-state index contributed by atoms with van der Waals surface area (Å²) in [6.45, 7) is 10.7. The highest BCUT2D eigenvalue weighted by molar-refractivity contribution is 9.11. The fraction of sp³-hybridized carbons (Fsp3) is 0.600. The van der Waals surface area contributed by atoms with Gasteiger partial charge in [-0.05, 0) is 90.6 Å². The van der Waals surface area contributed by atoms with Gasteiger partial charge in [-0.3, -0.25) is 0 Å². The fourth-order valence-corrected chi connectivity index (χ4v) is 4.44. The van der Waals surface area contributed by atoms with Gasteiger partial charge in [0.15, 0.2) is 0 Å². The lowest BCUT2D eigenvalue weighted by Gasteiger charge is -2.29. The first kappa shape index (κ1) is 15.3. The quantitative estimate of drug-likeness (QED) is 0.741. The standard InChI is InChI=1S/C15H21Br2NO/c1-9-6-10(16)13(11(17)7-9)18-12-8-14(2,3)19-15(12,4)5/h6-7,12,18H,8H2,1-5H3. The third-order valence-electron chi connectivity index (χ3n) is 3.58. The lowest BCUT2D eigenvalue weighted by atomic mass is 9.94. The van der Waals surface area contributed by atoms with Gasteiger partial charge in [-0.15, -0.1) is 0 Å². The first-order valence-electron chi connectivity index (χ1n) is 6.53. The molecule has 1 fully saturated rings. The van der Waals surface area contributed by atoms with E-state index in [1.807, 2.05) is 0 Å². The molecule has 1 aliphatic heterocycles. The lowest BCUT2D eigenvalue weighted by molar-refractivity contribution is -0.0662. The molecule has 0 spiro atoms. The van der Waals surface area contributed by atoms with Gasteiger partial charge < -0.3 is 10.1 Å². The predicted octanol–water partition coefficient (Wildman–Crippen LogP) is 5.28. The fourth-order valence-electron chi connectivity index (χ4n) is 2.80. The highest BCUT2D eigenvalue weighted by Crippen LogP contribution is 2.41. The zero-order valence-corrected chi connectivity index (χ0v) is 15.3. The minimum Gasteiger partial charge on any atom is -0.377 e. The van der Waals surface area contributed by atoms with Crippen molar-refractivity contribution >= 4 is 37.5 Å². The molecule has 1 N–H and O–H groups in total. The second kappa shape index (κ2) is 5.05. The van der Waals surface area contributed by atoms with Crippen LogP contribution in [0.3, 0.4) is 0 Å². The minimum atomic E-state index is -0.173. The molecule has 106 valence electrons. The number of halogens is 2. The van der Waals surface area contributed by atoms with E-state index >= 15 is 0 Å². The monoisotopic (exact) mass is 389 g/mol. The second-order valence-corrected chi connectivity index (χ2v) is 8.18. The maximum atomic E-state index is 6.13. The molecule has 19 heavy (non-hydrogen) atoms. The first-order chi connectivity index (χ1) is 8.61. The number of benzene rings is 1. The van der Waals surface area contributed by atoms with E-state index in [1.54, 1.807) is 0 Å². The third-order valence-corrected chi connectivity index (χ3v) is 4.83. The van der Waals surface area contributed by atoms with Gasteiger partial charge in [0.25, 0.3) is 0 Å². The molecule has 1 heterocycles. The van der Waals surface area contributed by atoms with E-state index in [-0.39, 0.29) is 17.2 Å². The van der Waals surface area contributed by atoms with E-state index in [9.17, 15) is 0 Å². The molecule has 1 atom stereocenters. The molecule has 4 heteroatoms. The predicted molar refractivity (Wildman–Crippen MR) is 87.8 cm³/mol. The molecule has 0 amide bonds. The van der Waals surface area contributed by atoms with Crippen molar-refractivity contribution < 1.29 is 4.74 Å². The van der Waals surface area contributed by atoms with Crippen LogP contribution in [0.1, 0.15) is 39.7 Å². The number of ether oxygens (including phenoxy) is 1. The van der Waals surface area contributed by atoms with E-state index in [0.29, 0.717) is 0 Å². The highest BCUT2D eigenvalue weighted by Gasteiger charge is 2.46. The molecule has 2 rings (SSSR count). The molecule has 1 unspecified atom stereocenters. The molecular weight excluding hydrogens is 370 g/mol. The summed E-state index contributed by atoms with van der Waals surface area (Å²) in [6, 6.07) is 4.54. The maximum Gasteiger partial charge on any atom is 0.0834 e. The summed E-state index contributed by atoms with van der Waals surface area (Å²) in [5.41, 5.74) is 2.08. The van der Waals surface area contributed by atoms with Crippen molar-refractivity contribution in [2.24, 2.45) is 0 Å². The topological polar surface area (TPSA) is 21.3 Å². The summed E-state index contributed by atoms with van der Waals surface area (Å²) >= 11 is 7.28. The van der Waals surface area contributed by atoms with Crippen molar-refractivity contribution in [2.75, 3.05) is 5.32 Å². The average Bonchev–Trinajstić information content (AvgIpc) is 2.39. The van der Waals surface area contributed by atoms with Crippen LogP contribution in [-0.4, -0.2) is 17.2 Å². The number of hydrogen-bond donors (Lipinski definition) is 1. The molecule has 1 aromatic rings. The van der Waals surface area contributed by atoms with Crippen molar-refractivity contribution in [2.45, 2.75) is 58.3 Å². The summed E-state index contributed by atoms with van der Waals surface area (Å²) in [5.74, 6) is 0. The van der Waals surface area contributed by atoms with Crippen molar-refractivity contribution in [3.05, 3.63) is 26.6 Å². The zero-order valence-electron chi connectivity index (χ0n) is 12.1. The van der Waals surface area contributed by atoms with Gasteiger partial charge in [-0.2, -0.15) is 0 Å². The van der Waals surface area contributed by atoms with Crippen molar-refractivity contribution in [3.8, 4) is 0 Å². The van der Waals surface area contributed by atoms with Crippen molar-refractivity contribution in [3.63, 3.8) is 0 Å². The Kier molecular flexibility index (Phi) is 4.07. The smallest absolute Gasteiger partial charge is 0.0834 e. The van der Waals surface area contributed by atoms with Gasteiger partial charge in [0.2, 0.25) is 0 Å². The van der Waals surface area contributed by atoms with Crippen LogP contribution >= 0.6 is 31.9 Å². The van der Waals surface area contributed by atoms with Crippen LogP contribution in [0.4, 0.5) is 5.69 Å². The van der Waals surface area contributed by atoms with E-state index in [2.05, 4.69) is 83.9 Å². The van der Waals surface area contributed by atoms with Gasteiger partial charge in [0.05, 0.1) is 22.9 Å². The van der Waals surface area contributed by atoms with Crippen LogP contribution < -0.4 is 5.32 Å². The highest BCUT2D eigenvalue weighted by atomic mass is 79.9. The van der Waals surface area contributed by atoms with E-state index < -0.39 is 0 Å². The number of anilines is 1. The molecule has 0 aromatic heterocycles. The summed E-state index contributed by atoms with van der Waals surface area (Å²) in [6.07, 6.45) is 0.993. The Labute approximate surface area is 132 Å².